The summed E-state index contributed by atoms with van der Waals surface area (Å²) in [5.41, 5.74) is 0.582. The Morgan fingerprint density at radius 3 is 2.29 bits per heavy atom. The molecule has 4 saturated carbocycles. The van der Waals surface area contributed by atoms with Gasteiger partial charge < -0.3 is 9.64 Å². The normalized spacial score (nSPS) is 38.0. The summed E-state index contributed by atoms with van der Waals surface area (Å²) in [5.74, 6) is 2.57. The van der Waals surface area contributed by atoms with Crippen molar-refractivity contribution in [2.45, 2.75) is 88.9 Å². The van der Waals surface area contributed by atoms with Crippen molar-refractivity contribution in [3.05, 3.63) is 24.3 Å². The van der Waals surface area contributed by atoms with Crippen LogP contribution < -0.4 is 4.90 Å². The molecule has 4 aliphatic carbocycles. The van der Waals surface area contributed by atoms with Gasteiger partial charge in [-0.15, -0.1) is 35.0 Å². The van der Waals surface area contributed by atoms with Crippen LogP contribution in [0, 0.1) is 40.4 Å². The lowest BCUT2D eigenvalue weighted by Gasteiger charge is -2.60. The Morgan fingerprint density at radius 1 is 1.00 bits per heavy atom. The lowest BCUT2D eigenvalue weighted by Crippen LogP contribution is -2.57. The van der Waals surface area contributed by atoms with Crippen molar-refractivity contribution < 1.29 is 19.1 Å². The van der Waals surface area contributed by atoms with E-state index in [-0.39, 0.29) is 40.4 Å². The van der Waals surface area contributed by atoms with Crippen LogP contribution in [-0.2, 0) is 19.1 Å². The first kappa shape index (κ1) is 31.2. The quantitative estimate of drug-likeness (QED) is 0.211. The maximum absolute atomic E-state index is 14.2. The molecule has 41 heavy (non-hydrogen) atoms. The minimum Gasteiger partial charge on any atom is -0.463 e. The minimum absolute atomic E-state index is 0.00405. The van der Waals surface area contributed by atoms with Crippen LogP contribution in [0.25, 0.3) is 0 Å². The summed E-state index contributed by atoms with van der Waals surface area (Å²) >= 11 is 13.8. The topological polar surface area (TPSA) is 63.7 Å². The maximum atomic E-state index is 14.2. The second-order valence-electron chi connectivity index (χ2n) is 13.4. The smallest absolute Gasteiger partial charge is 0.302 e. The molecule has 1 aromatic rings. The molecular weight excluding hydrogens is 577 g/mol. The molecule has 0 radical (unpaired) electrons. The fraction of sp³-hybridized carbons (Fsp3) is 0.727. The molecule has 0 N–H and O–H groups in total. The van der Waals surface area contributed by atoms with E-state index in [9.17, 15) is 14.4 Å². The van der Waals surface area contributed by atoms with Crippen LogP contribution in [0.2, 0.25) is 0 Å². The van der Waals surface area contributed by atoms with E-state index in [0.717, 1.165) is 62.2 Å². The van der Waals surface area contributed by atoms with Crippen LogP contribution in [0.5, 0.6) is 0 Å². The van der Waals surface area contributed by atoms with Crippen LogP contribution >= 0.6 is 35.0 Å². The number of hydrogen-bond acceptors (Lipinski definition) is 6. The van der Waals surface area contributed by atoms with Crippen molar-refractivity contribution in [3.8, 4) is 0 Å². The number of alkyl halides is 2. The highest BCUT2D eigenvalue weighted by molar-refractivity contribution is 8.00. The highest BCUT2D eigenvalue weighted by Gasteiger charge is 2.66. The molecule has 0 aromatic heterocycles. The van der Waals surface area contributed by atoms with Crippen LogP contribution in [0.3, 0.4) is 0 Å². The molecule has 0 spiro atoms. The number of nitrogens with zero attached hydrogens (tertiary/aromatic N) is 1. The third kappa shape index (κ3) is 5.71. The summed E-state index contributed by atoms with van der Waals surface area (Å²) in [4.78, 5) is 42.4. The third-order valence-corrected chi connectivity index (χ3v) is 13.1. The zero-order valence-electron chi connectivity index (χ0n) is 24.9. The number of hydrogen-bond donors (Lipinski definition) is 0. The van der Waals surface area contributed by atoms with Crippen molar-refractivity contribution in [2.75, 3.05) is 29.7 Å². The molecule has 0 saturated heterocycles. The molecule has 9 atom stereocenters. The standard InChI is InChI=1S/C33H45Cl2NO4S/c1-20(37)31-29(41-25-8-6-23(7-9-25)36(15-13-34)16-14-35)18-28-26-10-5-22-17-24(40-21(2)38)11-12-32(22,3)27(26)19-30(39)33(28,31)4/h6-9,22,24,26-29,31H,5,10-19H2,1-4H3/t22-,24+,26-,27+,28+,29+,31+,32+,33-/m1/s1. The molecule has 226 valence electrons. The summed E-state index contributed by atoms with van der Waals surface area (Å²) in [7, 11) is 0. The highest BCUT2D eigenvalue weighted by Crippen LogP contribution is 2.68. The molecular formula is C33H45Cl2NO4S. The number of halogens is 2. The summed E-state index contributed by atoms with van der Waals surface area (Å²) in [6.45, 7) is 9.19. The van der Waals surface area contributed by atoms with E-state index in [1.165, 1.54) is 6.92 Å². The first-order chi connectivity index (χ1) is 19.5. The molecule has 0 heterocycles. The van der Waals surface area contributed by atoms with Gasteiger partial charge in [0.25, 0.3) is 0 Å². The fourth-order valence-electron chi connectivity index (χ4n) is 9.56. The zero-order valence-corrected chi connectivity index (χ0v) is 27.2. The third-order valence-electron chi connectivity index (χ3n) is 11.5. The molecule has 0 amide bonds. The molecule has 5 nitrogen and oxygen atoms in total. The van der Waals surface area contributed by atoms with Gasteiger partial charge in [-0.05, 0) is 98.8 Å². The average molecular weight is 623 g/mol. The molecule has 0 unspecified atom stereocenters. The Labute approximate surface area is 259 Å². The lowest BCUT2D eigenvalue weighted by molar-refractivity contribution is -0.167. The van der Waals surface area contributed by atoms with Gasteiger partial charge in [0.2, 0.25) is 0 Å². The summed E-state index contributed by atoms with van der Waals surface area (Å²) in [6, 6.07) is 8.50. The molecule has 8 heteroatoms. The SMILES string of the molecule is CC(=O)O[C@H]1CC[C@@]2(C)[C@H](CC[C@@H]3[C@@H]2CC(=O)[C@@]2(C)[C@H]3C[C@H](Sc3ccc(N(CCCl)CCCl)cc3)[C@@H]2C(C)=O)C1. The van der Waals surface area contributed by atoms with E-state index in [1.807, 2.05) is 0 Å². The summed E-state index contributed by atoms with van der Waals surface area (Å²) in [6.07, 6.45) is 6.48. The number of anilines is 1. The van der Waals surface area contributed by atoms with Gasteiger partial charge in [-0.25, -0.2) is 0 Å². The van der Waals surface area contributed by atoms with Crippen molar-refractivity contribution in [1.29, 1.82) is 0 Å². The number of carbonyl (C=O) groups excluding carboxylic acids is 3. The Balaban J connectivity index is 1.37. The Hall–Kier alpha value is -1.24. The van der Waals surface area contributed by atoms with Gasteiger partial charge in [0.1, 0.15) is 17.7 Å². The van der Waals surface area contributed by atoms with Crippen molar-refractivity contribution in [1.82, 2.24) is 0 Å². The maximum Gasteiger partial charge on any atom is 0.302 e. The Morgan fingerprint density at radius 2 is 1.68 bits per heavy atom. The number of carbonyl (C=O) groups is 3. The number of rotatable bonds is 9. The monoisotopic (exact) mass is 621 g/mol. The molecule has 4 aliphatic rings. The van der Waals surface area contributed by atoms with Crippen LogP contribution in [-0.4, -0.2) is 53.7 Å². The van der Waals surface area contributed by atoms with Crippen LogP contribution in [0.4, 0.5) is 5.69 Å². The molecule has 5 rings (SSSR count). The molecule has 0 bridgehead atoms. The predicted molar refractivity (Wildman–Crippen MR) is 167 cm³/mol. The zero-order chi connectivity index (χ0) is 29.5. The van der Waals surface area contributed by atoms with Crippen LogP contribution in [0.1, 0.15) is 72.6 Å². The van der Waals surface area contributed by atoms with E-state index >= 15 is 0 Å². The van der Waals surface area contributed by atoms with Crippen molar-refractivity contribution >= 4 is 58.2 Å². The number of thioether (sulfide) groups is 1. The summed E-state index contributed by atoms with van der Waals surface area (Å²) < 4.78 is 5.62. The molecule has 4 fully saturated rings. The van der Waals surface area contributed by atoms with Crippen molar-refractivity contribution in [2.24, 2.45) is 40.4 Å². The average Bonchev–Trinajstić information content (AvgIpc) is 3.23. The van der Waals surface area contributed by atoms with Gasteiger partial charge in [0.05, 0.1) is 0 Å². The van der Waals surface area contributed by atoms with E-state index in [4.69, 9.17) is 27.9 Å². The number of esters is 1. The second kappa shape index (κ2) is 12.4. The van der Waals surface area contributed by atoms with Gasteiger partial charge >= 0.3 is 5.97 Å². The Kier molecular flexibility index (Phi) is 9.43. The van der Waals surface area contributed by atoms with E-state index < -0.39 is 5.41 Å². The largest absolute Gasteiger partial charge is 0.463 e. The van der Waals surface area contributed by atoms with Crippen LogP contribution in [0.15, 0.2) is 29.2 Å². The number of benzene rings is 1. The first-order valence-corrected chi connectivity index (χ1v) is 17.3. The molecule has 1 aromatic carbocycles. The van der Waals surface area contributed by atoms with Gasteiger partial charge in [-0.2, -0.15) is 0 Å². The van der Waals surface area contributed by atoms with Gasteiger partial charge in [-0.1, -0.05) is 13.8 Å². The van der Waals surface area contributed by atoms with Gasteiger partial charge in [0, 0.05) is 65.4 Å². The fourth-order valence-corrected chi connectivity index (χ4v) is 11.5. The number of ether oxygens (including phenoxy) is 1. The Bertz CT molecular complexity index is 1140. The minimum atomic E-state index is -0.597. The van der Waals surface area contributed by atoms with Crippen molar-refractivity contribution in [3.63, 3.8) is 0 Å². The predicted octanol–water partition coefficient (Wildman–Crippen LogP) is 7.40. The van der Waals surface area contributed by atoms with E-state index in [1.54, 1.807) is 18.7 Å². The first-order valence-electron chi connectivity index (χ1n) is 15.4. The summed E-state index contributed by atoms with van der Waals surface area (Å²) in [5, 5.41) is 0.0862. The van der Waals surface area contributed by atoms with E-state index in [2.05, 4.69) is 43.0 Å². The lowest BCUT2D eigenvalue weighted by atomic mass is 9.44. The number of Topliss-reactive ketones (excluding diaryl/α,β-unsaturated/α-hetero) is 2. The second-order valence-corrected chi connectivity index (χ2v) is 15.5. The number of ketones is 2. The van der Waals surface area contributed by atoms with E-state index in [0.29, 0.717) is 41.7 Å². The van der Waals surface area contributed by atoms with Gasteiger partial charge in [0.15, 0.2) is 0 Å². The highest BCUT2D eigenvalue weighted by atomic mass is 35.5. The molecule has 0 aliphatic heterocycles. The number of fused-ring (bicyclic) bond motifs is 5. The van der Waals surface area contributed by atoms with Gasteiger partial charge in [-0.3, -0.25) is 14.4 Å².